The van der Waals surface area contributed by atoms with Gasteiger partial charge in [-0.3, -0.25) is 0 Å². The first-order valence-electron chi connectivity index (χ1n) is 4.61. The summed E-state index contributed by atoms with van der Waals surface area (Å²) in [6.07, 6.45) is 0. The average molecular weight is 257 g/mol. The lowest BCUT2D eigenvalue weighted by molar-refractivity contribution is 0.424. The smallest absolute Gasteiger partial charge is 0.244 e. The number of ether oxygens (including phenoxy) is 1. The largest absolute Gasteiger partial charge is 0.434 e. The Balaban J connectivity index is 2.37. The van der Waals surface area contributed by atoms with Gasteiger partial charge in [-0.1, -0.05) is 11.6 Å². The zero-order valence-corrected chi connectivity index (χ0v) is 9.21. The number of hydrogen-bond acceptors (Lipinski definition) is 3. The number of benzene rings is 1. The summed E-state index contributed by atoms with van der Waals surface area (Å²) in [5, 5.41) is 0.144. The highest BCUT2D eigenvalue weighted by Gasteiger charge is 2.10. The van der Waals surface area contributed by atoms with E-state index in [1.807, 2.05) is 0 Å². The van der Waals surface area contributed by atoms with Crippen molar-refractivity contribution in [3.63, 3.8) is 0 Å². The standard InChI is InChI=1S/C11H7ClF2N2O/c12-10-4-3-8(15)11(16-10)17-9-5-6(13)1-2-7(9)14/h1-5H,15H2. The molecule has 0 bridgehead atoms. The molecule has 0 radical (unpaired) electrons. The van der Waals surface area contributed by atoms with E-state index in [-0.39, 0.29) is 22.5 Å². The van der Waals surface area contributed by atoms with Crippen LogP contribution >= 0.6 is 11.6 Å². The van der Waals surface area contributed by atoms with E-state index in [1.54, 1.807) is 0 Å². The van der Waals surface area contributed by atoms with Crippen LogP contribution in [0.4, 0.5) is 14.5 Å². The average Bonchev–Trinajstić information content (AvgIpc) is 2.28. The molecule has 0 saturated carbocycles. The van der Waals surface area contributed by atoms with Gasteiger partial charge in [0, 0.05) is 6.07 Å². The Labute approximate surface area is 101 Å². The third kappa shape index (κ3) is 2.62. The molecule has 2 rings (SSSR count). The fourth-order valence-electron chi connectivity index (χ4n) is 1.17. The van der Waals surface area contributed by atoms with Gasteiger partial charge in [-0.05, 0) is 24.3 Å². The molecule has 0 spiro atoms. The monoisotopic (exact) mass is 256 g/mol. The number of nitrogens with two attached hydrogens (primary N) is 1. The van der Waals surface area contributed by atoms with Gasteiger partial charge in [0.2, 0.25) is 5.88 Å². The molecular formula is C11H7ClF2N2O. The molecule has 3 nitrogen and oxygen atoms in total. The van der Waals surface area contributed by atoms with Gasteiger partial charge in [0.15, 0.2) is 11.6 Å². The summed E-state index contributed by atoms with van der Waals surface area (Å²) in [5.74, 6) is -1.71. The van der Waals surface area contributed by atoms with Gasteiger partial charge in [-0.2, -0.15) is 4.98 Å². The van der Waals surface area contributed by atoms with Crippen molar-refractivity contribution in [3.8, 4) is 11.6 Å². The van der Waals surface area contributed by atoms with Gasteiger partial charge in [-0.15, -0.1) is 0 Å². The van der Waals surface area contributed by atoms with E-state index in [0.29, 0.717) is 0 Å². The lowest BCUT2D eigenvalue weighted by atomic mass is 10.3. The van der Waals surface area contributed by atoms with E-state index < -0.39 is 11.6 Å². The van der Waals surface area contributed by atoms with Crippen molar-refractivity contribution in [2.45, 2.75) is 0 Å². The molecule has 1 aromatic heterocycles. The predicted molar refractivity (Wildman–Crippen MR) is 60.1 cm³/mol. The minimum absolute atomic E-state index is 0.0676. The van der Waals surface area contributed by atoms with Gasteiger partial charge < -0.3 is 10.5 Å². The summed E-state index contributed by atoms with van der Waals surface area (Å²) >= 11 is 5.64. The molecule has 0 saturated heterocycles. The molecule has 17 heavy (non-hydrogen) atoms. The molecule has 1 heterocycles. The van der Waals surface area contributed by atoms with Crippen LogP contribution in [-0.2, 0) is 0 Å². The van der Waals surface area contributed by atoms with E-state index in [0.717, 1.165) is 18.2 Å². The van der Waals surface area contributed by atoms with E-state index in [2.05, 4.69) is 4.98 Å². The van der Waals surface area contributed by atoms with Gasteiger partial charge in [-0.25, -0.2) is 8.78 Å². The lowest BCUT2D eigenvalue weighted by Gasteiger charge is -2.08. The van der Waals surface area contributed by atoms with Crippen molar-refractivity contribution in [2.24, 2.45) is 0 Å². The van der Waals surface area contributed by atoms with Crippen molar-refractivity contribution in [1.82, 2.24) is 4.98 Å². The first kappa shape index (κ1) is 11.6. The molecule has 6 heteroatoms. The maximum atomic E-state index is 13.3. The summed E-state index contributed by atoms with van der Waals surface area (Å²) in [5.41, 5.74) is 5.74. The number of nitrogens with zero attached hydrogens (tertiary/aromatic N) is 1. The van der Waals surface area contributed by atoms with E-state index >= 15 is 0 Å². The van der Waals surface area contributed by atoms with Crippen molar-refractivity contribution >= 4 is 17.3 Å². The van der Waals surface area contributed by atoms with Crippen molar-refractivity contribution in [1.29, 1.82) is 0 Å². The second-order valence-corrected chi connectivity index (χ2v) is 3.59. The number of pyridine rings is 1. The van der Waals surface area contributed by atoms with Crippen LogP contribution in [0, 0.1) is 11.6 Å². The summed E-state index contributed by atoms with van der Waals surface area (Å²) in [4.78, 5) is 3.77. The van der Waals surface area contributed by atoms with E-state index in [9.17, 15) is 8.78 Å². The molecule has 2 aromatic rings. The van der Waals surface area contributed by atoms with Gasteiger partial charge >= 0.3 is 0 Å². The van der Waals surface area contributed by atoms with Crippen LogP contribution < -0.4 is 10.5 Å². The number of anilines is 1. The Hall–Kier alpha value is -1.88. The maximum Gasteiger partial charge on any atom is 0.244 e. The number of hydrogen-bond donors (Lipinski definition) is 1. The SMILES string of the molecule is Nc1ccc(Cl)nc1Oc1cc(F)ccc1F. The Morgan fingerprint density at radius 2 is 1.94 bits per heavy atom. The van der Waals surface area contributed by atoms with Crippen molar-refractivity contribution < 1.29 is 13.5 Å². The number of aromatic nitrogens is 1. The third-order valence-corrected chi connectivity index (χ3v) is 2.17. The van der Waals surface area contributed by atoms with E-state index in [1.165, 1.54) is 12.1 Å². The Bertz CT molecular complexity index is 514. The molecule has 0 aliphatic heterocycles. The summed E-state index contributed by atoms with van der Waals surface area (Å²) in [6.45, 7) is 0. The topological polar surface area (TPSA) is 48.1 Å². The number of halogens is 3. The molecular weight excluding hydrogens is 250 g/mol. The molecule has 0 amide bonds. The fraction of sp³-hybridized carbons (Fsp3) is 0. The normalized spacial score (nSPS) is 10.3. The summed E-state index contributed by atoms with van der Waals surface area (Å²) < 4.78 is 31.3. The van der Waals surface area contributed by atoms with Crippen LogP contribution in [0.5, 0.6) is 11.6 Å². The maximum absolute atomic E-state index is 13.3. The number of rotatable bonds is 2. The van der Waals surface area contributed by atoms with Crippen molar-refractivity contribution in [3.05, 3.63) is 47.1 Å². The molecule has 2 N–H and O–H groups in total. The molecule has 1 aromatic carbocycles. The first-order valence-corrected chi connectivity index (χ1v) is 4.99. The second kappa shape index (κ2) is 4.55. The molecule has 0 fully saturated rings. The first-order chi connectivity index (χ1) is 8.06. The predicted octanol–water partition coefficient (Wildman–Crippen LogP) is 3.39. The highest BCUT2D eigenvalue weighted by atomic mass is 35.5. The quantitative estimate of drug-likeness (QED) is 0.838. The molecule has 88 valence electrons. The van der Waals surface area contributed by atoms with Gasteiger partial charge in [0.25, 0.3) is 0 Å². The molecule has 0 aliphatic carbocycles. The molecule has 0 aliphatic rings. The Kier molecular flexibility index (Phi) is 3.10. The van der Waals surface area contributed by atoms with Gasteiger partial charge in [0.1, 0.15) is 11.0 Å². The molecule has 0 unspecified atom stereocenters. The van der Waals surface area contributed by atoms with Crippen LogP contribution in [0.1, 0.15) is 0 Å². The number of nitrogen functional groups attached to an aromatic ring is 1. The zero-order valence-electron chi connectivity index (χ0n) is 8.45. The highest BCUT2D eigenvalue weighted by molar-refractivity contribution is 6.29. The van der Waals surface area contributed by atoms with E-state index in [4.69, 9.17) is 22.1 Å². The van der Waals surface area contributed by atoms with Crippen LogP contribution in [-0.4, -0.2) is 4.98 Å². The van der Waals surface area contributed by atoms with Crippen LogP contribution in [0.3, 0.4) is 0 Å². The zero-order chi connectivity index (χ0) is 12.4. The Morgan fingerprint density at radius 3 is 2.71 bits per heavy atom. The third-order valence-electron chi connectivity index (χ3n) is 1.96. The minimum Gasteiger partial charge on any atom is -0.434 e. The van der Waals surface area contributed by atoms with Crippen LogP contribution in [0.2, 0.25) is 5.15 Å². The van der Waals surface area contributed by atoms with Crippen LogP contribution in [0.25, 0.3) is 0 Å². The fourth-order valence-corrected chi connectivity index (χ4v) is 1.31. The minimum atomic E-state index is -0.715. The summed E-state index contributed by atoms with van der Waals surface area (Å²) in [6, 6.07) is 5.76. The van der Waals surface area contributed by atoms with Crippen LogP contribution in [0.15, 0.2) is 30.3 Å². The highest BCUT2D eigenvalue weighted by Crippen LogP contribution is 2.28. The molecule has 0 atom stereocenters. The summed E-state index contributed by atoms with van der Waals surface area (Å²) in [7, 11) is 0. The Morgan fingerprint density at radius 1 is 1.18 bits per heavy atom. The second-order valence-electron chi connectivity index (χ2n) is 3.21. The lowest BCUT2D eigenvalue weighted by Crippen LogP contribution is -1.97. The van der Waals surface area contributed by atoms with Gasteiger partial charge in [0.05, 0.1) is 5.69 Å². The van der Waals surface area contributed by atoms with Crippen molar-refractivity contribution in [2.75, 3.05) is 5.73 Å².